The van der Waals surface area contributed by atoms with Crippen molar-refractivity contribution in [3.05, 3.63) is 37.8 Å². The lowest BCUT2D eigenvalue weighted by Gasteiger charge is -2.02. The fourth-order valence-corrected chi connectivity index (χ4v) is 1.91. The molecule has 0 fully saturated rings. The lowest BCUT2D eigenvalue weighted by molar-refractivity contribution is -0.385. The van der Waals surface area contributed by atoms with Crippen LogP contribution in [0.15, 0.2) is 16.6 Å². The van der Waals surface area contributed by atoms with Gasteiger partial charge in [-0.05, 0) is 28.9 Å². The predicted molar refractivity (Wildman–Crippen MR) is 55.5 cm³/mol. The van der Waals surface area contributed by atoms with E-state index in [1.54, 1.807) is 0 Å². The molecular weight excluding hydrogens is 264 g/mol. The number of carbonyl (C=O) groups is 1. The number of nitrogens with zero attached hydrogens (tertiary/aromatic N) is 2. The molecule has 0 aliphatic rings. The average Bonchev–Trinajstić information content (AvgIpc) is 2.15. The number of carbonyl (C=O) groups excluding carboxylic acids is 1. The van der Waals surface area contributed by atoms with Gasteiger partial charge in [-0.1, -0.05) is 0 Å². The monoisotopic (exact) mass is 268 g/mol. The molecule has 5 nitrogen and oxygen atoms in total. The number of Topliss-reactive ketones (excluding diaryl/α,β-unsaturated/α-hetero) is 1. The Morgan fingerprint density at radius 1 is 1.60 bits per heavy atom. The summed E-state index contributed by atoms with van der Waals surface area (Å²) in [7, 11) is 0. The normalized spacial score (nSPS) is 9.40. The van der Waals surface area contributed by atoms with Crippen LogP contribution in [-0.2, 0) is 0 Å². The number of rotatable bonds is 2. The fraction of sp³-hybridized carbons (Fsp3) is 0.111. The number of hydrogen-bond donors (Lipinski definition) is 0. The van der Waals surface area contributed by atoms with Crippen molar-refractivity contribution in [3.8, 4) is 6.07 Å². The Bertz CT molecular complexity index is 491. The zero-order chi connectivity index (χ0) is 11.6. The molecule has 76 valence electrons. The van der Waals surface area contributed by atoms with Gasteiger partial charge in [0.25, 0.3) is 5.69 Å². The molecule has 0 bridgehead atoms. The van der Waals surface area contributed by atoms with Gasteiger partial charge in [0.1, 0.15) is 4.47 Å². The van der Waals surface area contributed by atoms with Gasteiger partial charge in [0.05, 0.1) is 22.1 Å². The summed E-state index contributed by atoms with van der Waals surface area (Å²) in [6.45, 7) is 1.25. The molecule has 0 saturated carbocycles. The van der Waals surface area contributed by atoms with Crippen LogP contribution in [0.5, 0.6) is 0 Å². The number of ketones is 1. The molecule has 0 spiro atoms. The van der Waals surface area contributed by atoms with Crippen LogP contribution in [0.2, 0.25) is 0 Å². The largest absolute Gasteiger partial charge is 0.294 e. The molecule has 1 aromatic rings. The number of benzene rings is 1. The summed E-state index contributed by atoms with van der Waals surface area (Å²) >= 11 is 2.96. The number of nitriles is 1. The summed E-state index contributed by atoms with van der Waals surface area (Å²) in [6.07, 6.45) is 0. The van der Waals surface area contributed by atoms with Crippen molar-refractivity contribution >= 4 is 27.4 Å². The Labute approximate surface area is 93.6 Å². The summed E-state index contributed by atoms with van der Waals surface area (Å²) in [4.78, 5) is 21.2. The lowest BCUT2D eigenvalue weighted by atomic mass is 10.0. The highest BCUT2D eigenvalue weighted by Gasteiger charge is 2.21. The van der Waals surface area contributed by atoms with E-state index < -0.39 is 4.92 Å². The van der Waals surface area contributed by atoms with Gasteiger partial charge in [-0.2, -0.15) is 5.26 Å². The molecular formula is C9H5BrN2O3. The van der Waals surface area contributed by atoms with E-state index >= 15 is 0 Å². The van der Waals surface area contributed by atoms with E-state index in [2.05, 4.69) is 15.9 Å². The van der Waals surface area contributed by atoms with Crippen LogP contribution >= 0.6 is 15.9 Å². The Hall–Kier alpha value is -1.74. The molecule has 15 heavy (non-hydrogen) atoms. The van der Waals surface area contributed by atoms with Crippen LogP contribution in [0, 0.1) is 21.4 Å². The van der Waals surface area contributed by atoms with Gasteiger partial charge in [0.15, 0.2) is 5.78 Å². The molecule has 1 aromatic carbocycles. The first-order chi connectivity index (χ1) is 6.99. The first-order valence-electron chi connectivity index (χ1n) is 3.87. The minimum Gasteiger partial charge on any atom is -0.294 e. The van der Waals surface area contributed by atoms with Gasteiger partial charge in [-0.3, -0.25) is 14.9 Å². The van der Waals surface area contributed by atoms with Crippen molar-refractivity contribution in [2.75, 3.05) is 0 Å². The summed E-state index contributed by atoms with van der Waals surface area (Å²) in [6, 6.07) is 4.26. The van der Waals surface area contributed by atoms with E-state index in [1.807, 2.05) is 6.07 Å². The van der Waals surface area contributed by atoms with E-state index in [4.69, 9.17) is 5.26 Å². The van der Waals surface area contributed by atoms with Gasteiger partial charge < -0.3 is 0 Å². The molecule has 0 aromatic heterocycles. The van der Waals surface area contributed by atoms with E-state index in [0.29, 0.717) is 0 Å². The van der Waals surface area contributed by atoms with Gasteiger partial charge in [-0.25, -0.2) is 0 Å². The lowest BCUT2D eigenvalue weighted by Crippen LogP contribution is -2.01. The van der Waals surface area contributed by atoms with Gasteiger partial charge in [0, 0.05) is 6.07 Å². The molecule has 0 unspecified atom stereocenters. The minimum absolute atomic E-state index is 0.0479. The standard InChI is InChI=1S/C9H5BrN2O3/c1-5(13)8-6(4-11)2-3-7(9(8)10)12(14)15/h2-3H,1H3. The summed E-state index contributed by atoms with van der Waals surface area (Å²) < 4.78 is 0.0547. The second-order valence-electron chi connectivity index (χ2n) is 2.75. The first kappa shape index (κ1) is 11.3. The van der Waals surface area contributed by atoms with E-state index in [0.717, 1.165) is 0 Å². The maximum Gasteiger partial charge on any atom is 0.284 e. The Morgan fingerprint density at radius 3 is 2.60 bits per heavy atom. The van der Waals surface area contributed by atoms with Gasteiger partial charge >= 0.3 is 0 Å². The molecule has 1 rings (SSSR count). The van der Waals surface area contributed by atoms with E-state index in [1.165, 1.54) is 19.1 Å². The van der Waals surface area contributed by atoms with Crippen LogP contribution in [0.1, 0.15) is 22.8 Å². The first-order valence-corrected chi connectivity index (χ1v) is 4.66. The summed E-state index contributed by atoms with van der Waals surface area (Å²) in [5.74, 6) is -0.387. The number of halogens is 1. The topological polar surface area (TPSA) is 84.0 Å². The maximum absolute atomic E-state index is 11.2. The molecule has 0 heterocycles. The van der Waals surface area contributed by atoms with Crippen molar-refractivity contribution < 1.29 is 9.72 Å². The summed E-state index contributed by atoms with van der Waals surface area (Å²) in [5.41, 5.74) is -0.0501. The van der Waals surface area contributed by atoms with Crippen molar-refractivity contribution in [2.24, 2.45) is 0 Å². The highest BCUT2D eigenvalue weighted by atomic mass is 79.9. The number of hydrogen-bond acceptors (Lipinski definition) is 4. The second kappa shape index (κ2) is 4.19. The quantitative estimate of drug-likeness (QED) is 0.469. The molecule has 0 radical (unpaired) electrons. The number of nitro groups is 1. The van der Waals surface area contributed by atoms with Crippen molar-refractivity contribution in [3.63, 3.8) is 0 Å². The van der Waals surface area contributed by atoms with Crippen LogP contribution in [0.3, 0.4) is 0 Å². The van der Waals surface area contributed by atoms with Crippen LogP contribution in [-0.4, -0.2) is 10.7 Å². The van der Waals surface area contributed by atoms with Crippen molar-refractivity contribution in [1.82, 2.24) is 0 Å². The second-order valence-corrected chi connectivity index (χ2v) is 3.54. The van der Waals surface area contributed by atoms with Crippen LogP contribution < -0.4 is 0 Å². The van der Waals surface area contributed by atoms with Gasteiger partial charge in [0.2, 0.25) is 0 Å². The highest BCUT2D eigenvalue weighted by Crippen LogP contribution is 2.30. The third kappa shape index (κ3) is 2.02. The predicted octanol–water partition coefficient (Wildman–Crippen LogP) is 2.43. The SMILES string of the molecule is CC(=O)c1c(C#N)ccc([N+](=O)[O-])c1Br. The molecule has 0 amide bonds. The smallest absolute Gasteiger partial charge is 0.284 e. The summed E-state index contributed by atoms with van der Waals surface area (Å²) in [5, 5.41) is 19.3. The minimum atomic E-state index is -0.613. The third-order valence-electron chi connectivity index (χ3n) is 1.79. The molecule has 0 aliphatic heterocycles. The Balaban J connectivity index is 3.58. The third-order valence-corrected chi connectivity index (χ3v) is 2.59. The van der Waals surface area contributed by atoms with Crippen LogP contribution in [0.4, 0.5) is 5.69 Å². The number of nitro benzene ring substituents is 1. The average molecular weight is 269 g/mol. The van der Waals surface area contributed by atoms with Crippen LogP contribution in [0.25, 0.3) is 0 Å². The zero-order valence-electron chi connectivity index (χ0n) is 7.65. The van der Waals surface area contributed by atoms with Gasteiger partial charge in [-0.15, -0.1) is 0 Å². The Morgan fingerprint density at radius 2 is 2.20 bits per heavy atom. The molecule has 0 atom stereocenters. The highest BCUT2D eigenvalue weighted by molar-refractivity contribution is 9.10. The fourth-order valence-electron chi connectivity index (χ4n) is 1.14. The zero-order valence-corrected chi connectivity index (χ0v) is 9.24. The molecule has 0 N–H and O–H groups in total. The van der Waals surface area contributed by atoms with Crippen molar-refractivity contribution in [2.45, 2.75) is 6.92 Å². The van der Waals surface area contributed by atoms with Crippen molar-refractivity contribution in [1.29, 1.82) is 5.26 Å². The van der Waals surface area contributed by atoms with E-state index in [-0.39, 0.29) is 27.1 Å². The maximum atomic E-state index is 11.2. The Kier molecular flexibility index (Phi) is 3.17. The van der Waals surface area contributed by atoms with E-state index in [9.17, 15) is 14.9 Å². The molecule has 0 saturated heterocycles. The molecule has 0 aliphatic carbocycles. The molecule has 6 heteroatoms.